The minimum Gasteiger partial charge on any atom is -0.456 e. The molecule has 646 valence electrons. The van der Waals surface area contributed by atoms with Gasteiger partial charge in [0.2, 0.25) is 0 Å². The van der Waals surface area contributed by atoms with Crippen LogP contribution in [0.4, 0.5) is 34.1 Å². The predicted molar refractivity (Wildman–Crippen MR) is 487 cm³/mol. The lowest BCUT2D eigenvalue weighted by Crippen LogP contribution is -2.47. The maximum atomic E-state index is 13.9. The zero-order valence-electron chi connectivity index (χ0n) is 70.0. The van der Waals surface area contributed by atoms with Crippen LogP contribution < -0.4 is 39.4 Å². The van der Waals surface area contributed by atoms with Crippen molar-refractivity contribution >= 4 is 122 Å². The first-order valence-electron chi connectivity index (χ1n) is 42.3. The number of anilines is 4. The molecule has 16 rings (SSSR count). The average molecular weight is 1750 g/mol. The number of fused-ring (bicyclic) bond motifs is 2. The number of carbonyl (C=O) groups excluding carboxylic acids is 2. The number of amides is 2. The quantitative estimate of drug-likeness (QED) is 0.0158. The van der Waals surface area contributed by atoms with Crippen LogP contribution in [-0.4, -0.2) is 186 Å². The van der Waals surface area contributed by atoms with Crippen LogP contribution in [0.2, 0.25) is 10.0 Å². The van der Waals surface area contributed by atoms with E-state index in [-0.39, 0.29) is 56.6 Å². The van der Waals surface area contributed by atoms with Crippen molar-refractivity contribution in [2.45, 2.75) is 114 Å². The third-order valence-electron chi connectivity index (χ3n) is 24.6. The summed E-state index contributed by atoms with van der Waals surface area (Å²) in [4.78, 5) is 70.4. The van der Waals surface area contributed by atoms with Gasteiger partial charge in [-0.3, -0.25) is 39.6 Å². The lowest BCUT2D eigenvalue weighted by atomic mass is 9.72. The molecule has 2 aliphatic carbocycles. The molecule has 8 aromatic carbocycles. The summed E-state index contributed by atoms with van der Waals surface area (Å²) in [7, 11) is -7.04. The number of nitro groups is 2. The Bertz CT molecular complexity index is 5870. The van der Waals surface area contributed by atoms with E-state index in [9.17, 15) is 46.7 Å². The molecule has 6 heterocycles. The predicted octanol–water partition coefficient (Wildman–Crippen LogP) is 18.3. The summed E-state index contributed by atoms with van der Waals surface area (Å²) in [6.45, 7) is 22.6. The van der Waals surface area contributed by atoms with E-state index in [4.69, 9.17) is 32.7 Å². The van der Waals surface area contributed by atoms with Crippen LogP contribution >= 0.6 is 23.2 Å². The Morgan fingerprint density at radius 3 is 1.40 bits per heavy atom. The number of allylic oxidation sites excluding steroid dienone is 2. The van der Waals surface area contributed by atoms with Gasteiger partial charge in [-0.1, -0.05) is 86.3 Å². The van der Waals surface area contributed by atoms with Crippen LogP contribution in [-0.2, 0) is 20.0 Å². The van der Waals surface area contributed by atoms with Crippen molar-refractivity contribution in [2.24, 2.45) is 10.8 Å². The van der Waals surface area contributed by atoms with E-state index in [0.717, 1.165) is 211 Å². The highest BCUT2D eigenvalue weighted by molar-refractivity contribution is 7.90. The molecule has 0 bridgehead atoms. The topological polar surface area (TPSA) is 306 Å². The van der Waals surface area contributed by atoms with Crippen molar-refractivity contribution in [1.29, 1.82) is 0 Å². The van der Waals surface area contributed by atoms with Gasteiger partial charge in [0.25, 0.3) is 43.2 Å². The number of rotatable bonds is 27. The van der Waals surface area contributed by atoms with Crippen LogP contribution in [0.1, 0.15) is 130 Å². The maximum absolute atomic E-state index is 13.9. The van der Waals surface area contributed by atoms with E-state index in [0.29, 0.717) is 18.0 Å². The number of aromatic amines is 2. The van der Waals surface area contributed by atoms with Gasteiger partial charge in [0.1, 0.15) is 34.4 Å². The summed E-state index contributed by atoms with van der Waals surface area (Å²) in [6, 6.07) is 48.8. The van der Waals surface area contributed by atoms with E-state index in [1.54, 1.807) is 48.5 Å². The maximum Gasteiger partial charge on any atom is 0.293 e. The van der Waals surface area contributed by atoms with E-state index >= 15 is 0 Å². The number of ether oxygens (including phenoxy) is 2. The first-order chi connectivity index (χ1) is 59.0. The number of H-pyrrole nitrogens is 2. The molecule has 30 heteroatoms. The SMILES string of the molecule is CC1(C)CCC(CN2CCN(c3ccc(C(=O)NS(=O)(=O)c4ccc(NCCCN5CCCC5)c([N+](=O)[O-])c4)c(Oc4ccc5[nH]ccc5c4)c3)CC2)=C(c2ccc(Cl)cc2)C1.CN1CCC(Nc2ccc(S(=O)(=O)NC(=O)c3ccc(N4CCN(CC5=C(c6ccc(Cl)cc6)CC(C)(C)CC5)CC4)cc3Oc3ccc4[nH]ccc4c3)cc2[N+](=O)[O-])CC1. The average Bonchev–Trinajstić information content (AvgIpc) is 1.54. The van der Waals surface area contributed by atoms with Crippen molar-refractivity contribution in [1.82, 2.24) is 39.0 Å². The second-order valence-electron chi connectivity index (χ2n) is 34.7. The Kier molecular flexibility index (Phi) is 26.7. The molecule has 26 nitrogen and oxygen atoms in total. The molecule has 10 aromatic rings. The summed E-state index contributed by atoms with van der Waals surface area (Å²) in [5, 5.41) is 33.8. The van der Waals surface area contributed by atoms with Gasteiger partial charge in [0.05, 0.1) is 30.8 Å². The smallest absolute Gasteiger partial charge is 0.293 e. The molecule has 6 N–H and O–H groups in total. The molecule has 6 aliphatic rings. The molecule has 123 heavy (non-hydrogen) atoms. The third-order valence-corrected chi connectivity index (χ3v) is 27.8. The fraction of sp³-hybridized carbons (Fsp3) is 0.376. The van der Waals surface area contributed by atoms with Crippen molar-refractivity contribution in [2.75, 3.05) is 132 Å². The molecular weight excluding hydrogens is 1640 g/mol. The van der Waals surface area contributed by atoms with Gasteiger partial charge >= 0.3 is 0 Å². The number of sulfonamides is 2. The normalized spacial score (nSPS) is 17.7. The van der Waals surface area contributed by atoms with Gasteiger partial charge in [-0.15, -0.1) is 0 Å². The summed E-state index contributed by atoms with van der Waals surface area (Å²) in [6.07, 6.45) is 14.8. The number of piperidine rings is 1. The molecule has 0 radical (unpaired) electrons. The Hall–Kier alpha value is -10.8. The number of hydrogen-bond acceptors (Lipinski definition) is 20. The molecule has 0 unspecified atom stereocenters. The molecule has 0 saturated carbocycles. The number of nitrogens with zero attached hydrogens (tertiary/aromatic N) is 8. The molecule has 2 amide bonds. The number of likely N-dealkylation sites (tertiary alicyclic amines) is 2. The summed E-state index contributed by atoms with van der Waals surface area (Å²) >= 11 is 12.5. The van der Waals surface area contributed by atoms with Crippen LogP contribution in [0.15, 0.2) is 203 Å². The molecule has 4 aliphatic heterocycles. The first kappa shape index (κ1) is 87.1. The number of carbonyl (C=O) groups is 2. The summed E-state index contributed by atoms with van der Waals surface area (Å²) < 4.78 is 71.8. The number of aromatic nitrogens is 2. The van der Waals surface area contributed by atoms with E-state index in [1.165, 1.54) is 70.5 Å². The Labute approximate surface area is 728 Å². The monoisotopic (exact) mass is 1740 g/mol. The van der Waals surface area contributed by atoms with Crippen molar-refractivity contribution in [3.05, 3.63) is 246 Å². The molecule has 0 spiro atoms. The van der Waals surface area contributed by atoms with Crippen LogP contribution in [0.3, 0.4) is 0 Å². The van der Waals surface area contributed by atoms with Gasteiger partial charge in [-0.25, -0.2) is 26.3 Å². The van der Waals surface area contributed by atoms with Crippen molar-refractivity contribution in [3.63, 3.8) is 0 Å². The first-order valence-corrected chi connectivity index (χ1v) is 46.0. The van der Waals surface area contributed by atoms with Gasteiger partial charge in [-0.05, 0) is 265 Å². The molecule has 2 aromatic heterocycles. The zero-order valence-corrected chi connectivity index (χ0v) is 73.2. The Balaban J connectivity index is 0.000000191. The van der Waals surface area contributed by atoms with Gasteiger partial charge in [-0.2, -0.15) is 0 Å². The second-order valence-corrected chi connectivity index (χ2v) is 38.9. The summed E-state index contributed by atoms with van der Waals surface area (Å²) in [5.41, 5.74) is 11.9. The largest absolute Gasteiger partial charge is 0.456 e. The number of nitrogens with one attached hydrogen (secondary N) is 6. The number of hydrogen-bond donors (Lipinski definition) is 6. The highest BCUT2D eigenvalue weighted by Crippen LogP contribution is 2.46. The Morgan fingerprint density at radius 2 is 0.951 bits per heavy atom. The van der Waals surface area contributed by atoms with Gasteiger partial charge in [0.15, 0.2) is 0 Å². The van der Waals surface area contributed by atoms with Crippen molar-refractivity contribution < 1.29 is 45.7 Å². The van der Waals surface area contributed by atoms with E-state index in [2.05, 4.69) is 111 Å². The Morgan fingerprint density at radius 1 is 0.512 bits per heavy atom. The lowest BCUT2D eigenvalue weighted by Gasteiger charge is -2.39. The minimum absolute atomic E-state index is 0.00203. The van der Waals surface area contributed by atoms with Crippen LogP contribution in [0, 0.1) is 31.1 Å². The number of piperazine rings is 2. The molecular formula is C93H106Cl2N14O12S2. The van der Waals surface area contributed by atoms with E-state index in [1.807, 2.05) is 80.1 Å². The van der Waals surface area contributed by atoms with Crippen LogP contribution in [0.5, 0.6) is 23.0 Å². The molecule has 4 saturated heterocycles. The highest BCUT2D eigenvalue weighted by Gasteiger charge is 2.35. The number of benzene rings is 8. The van der Waals surface area contributed by atoms with Crippen LogP contribution in [0.25, 0.3) is 33.0 Å². The third kappa shape index (κ3) is 21.7. The highest BCUT2D eigenvalue weighted by atomic mass is 35.5. The van der Waals surface area contributed by atoms with Crippen molar-refractivity contribution in [3.8, 4) is 23.0 Å². The molecule has 0 atom stereocenters. The van der Waals surface area contributed by atoms with E-state index < -0.39 is 57.2 Å². The lowest BCUT2D eigenvalue weighted by molar-refractivity contribution is -0.384. The second kappa shape index (κ2) is 37.7. The number of halogens is 2. The minimum atomic E-state index is -4.53. The molecule has 4 fully saturated rings. The van der Waals surface area contributed by atoms with Gasteiger partial charge < -0.3 is 49.7 Å². The zero-order chi connectivity index (χ0) is 86.3. The number of nitro benzene ring substituents is 2. The van der Waals surface area contributed by atoms with Gasteiger partial charge in [0, 0.05) is 158 Å². The summed E-state index contributed by atoms with van der Waals surface area (Å²) in [5.74, 6) is -0.564. The fourth-order valence-corrected chi connectivity index (χ4v) is 19.7. The standard InChI is InChI=1S/C47H54ClN7O6S.C46H52ClN7O6S/c1-47(2)18-16-35(41(31-47)33-6-8-36(48)9-7-33)32-53-24-26-54(27-25-53)37-10-13-40(45(29-37)61-38-11-14-42-34(28-38)17-20-50-42)46(56)51-62(59,60)39-12-15-43(44(30-39)55(57)58)49-19-5-23-52-21-3-4-22-52;1-46(2)18-14-33(40(29-46)31-4-6-34(47)7-5-31)30-52-22-24-53(25-23-52)36-8-11-39(44(27-36)60-37-9-12-41-32(26-37)15-19-48-41)45(55)50-61(58,59)38-10-13-42(43(28-38)54(56)57)49-35-16-20-51(3)21-17-35/h6-15,17,20,28-30,49-50H,3-5,16,18-19,21-27,31-32H2,1-2H3,(H,51,56);4-13,15,19,26-28,35,48-49H,14,16-18,20-25,29-30H2,1-3H3,(H,50,55). The fourth-order valence-electron chi connectivity index (χ4n) is 17.5.